The summed E-state index contributed by atoms with van der Waals surface area (Å²) in [5.41, 5.74) is 4.59. The third-order valence-corrected chi connectivity index (χ3v) is 5.57. The van der Waals surface area contributed by atoms with E-state index in [9.17, 15) is 14.4 Å². The van der Waals surface area contributed by atoms with Crippen LogP contribution in [0.2, 0.25) is 0 Å². The van der Waals surface area contributed by atoms with Gasteiger partial charge in [0.25, 0.3) is 0 Å². The number of carboxylic acids is 1. The van der Waals surface area contributed by atoms with E-state index in [-0.39, 0.29) is 37.4 Å². The molecule has 2 amide bonds. The number of alkyl carbamates (subject to hydrolysis) is 1. The molecule has 3 N–H and O–H groups in total. The van der Waals surface area contributed by atoms with Gasteiger partial charge in [0.2, 0.25) is 5.91 Å². The lowest BCUT2D eigenvalue weighted by Gasteiger charge is -2.19. The number of ether oxygens (including phenoxy) is 1. The molecule has 1 atom stereocenters. The molecular formula is C26H28N2O5. The van der Waals surface area contributed by atoms with Crippen LogP contribution in [0.1, 0.15) is 49.7 Å². The van der Waals surface area contributed by atoms with Gasteiger partial charge >= 0.3 is 12.1 Å². The summed E-state index contributed by atoms with van der Waals surface area (Å²) in [6.45, 7) is 2.18. The summed E-state index contributed by atoms with van der Waals surface area (Å²) < 4.78 is 5.59. The lowest BCUT2D eigenvalue weighted by Crippen LogP contribution is -2.40. The van der Waals surface area contributed by atoms with E-state index in [4.69, 9.17) is 9.84 Å². The molecule has 0 unspecified atom stereocenters. The number of carboxylic acid groups (broad SMARTS) is 1. The molecular weight excluding hydrogens is 420 g/mol. The molecule has 3 rings (SSSR count). The SMILES string of the molecule is CCCC[C@H](CC(=O)NCC#CC(=O)O)NC(=O)OCC1c2ccccc2-c2ccccc21. The fourth-order valence-electron chi connectivity index (χ4n) is 4.04. The molecule has 7 heteroatoms. The van der Waals surface area contributed by atoms with Crippen molar-refractivity contribution in [1.82, 2.24) is 10.6 Å². The molecule has 7 nitrogen and oxygen atoms in total. The second-order valence-corrected chi connectivity index (χ2v) is 7.90. The van der Waals surface area contributed by atoms with Gasteiger partial charge < -0.3 is 20.5 Å². The lowest BCUT2D eigenvalue weighted by molar-refractivity contribution is -0.130. The molecule has 33 heavy (non-hydrogen) atoms. The standard InChI is InChI=1S/C26H28N2O5/c1-2-3-9-18(16-24(29)27-15-8-14-25(30)31)28-26(32)33-17-23-21-12-6-4-10-19(21)20-11-5-7-13-22(20)23/h4-7,10-13,18,23H,2-3,9,15-17H2,1H3,(H,27,29)(H,28,32)(H,30,31)/t18-/m1/s1. The quantitative estimate of drug-likeness (QED) is 0.508. The lowest BCUT2D eigenvalue weighted by atomic mass is 9.98. The summed E-state index contributed by atoms with van der Waals surface area (Å²) in [4.78, 5) is 35.1. The van der Waals surface area contributed by atoms with Gasteiger partial charge in [-0.05, 0) is 28.7 Å². The maximum atomic E-state index is 12.6. The van der Waals surface area contributed by atoms with E-state index in [1.54, 1.807) is 0 Å². The zero-order chi connectivity index (χ0) is 23.6. The van der Waals surface area contributed by atoms with Gasteiger partial charge in [0.15, 0.2) is 0 Å². The van der Waals surface area contributed by atoms with Crippen LogP contribution < -0.4 is 10.6 Å². The highest BCUT2D eigenvalue weighted by Gasteiger charge is 2.29. The van der Waals surface area contributed by atoms with Crippen molar-refractivity contribution in [1.29, 1.82) is 0 Å². The van der Waals surface area contributed by atoms with Crippen LogP contribution in [0.15, 0.2) is 48.5 Å². The maximum absolute atomic E-state index is 12.6. The van der Waals surface area contributed by atoms with Crippen LogP contribution in [0, 0.1) is 11.8 Å². The van der Waals surface area contributed by atoms with Crippen molar-refractivity contribution in [3.8, 4) is 23.0 Å². The zero-order valence-corrected chi connectivity index (χ0v) is 18.6. The predicted molar refractivity (Wildman–Crippen MR) is 125 cm³/mol. The smallest absolute Gasteiger partial charge is 0.407 e. The van der Waals surface area contributed by atoms with Crippen LogP contribution in [0.25, 0.3) is 11.1 Å². The van der Waals surface area contributed by atoms with Gasteiger partial charge in [-0.1, -0.05) is 74.2 Å². The van der Waals surface area contributed by atoms with Crippen molar-refractivity contribution in [2.24, 2.45) is 0 Å². The van der Waals surface area contributed by atoms with E-state index in [1.165, 1.54) is 0 Å². The Morgan fingerprint density at radius 1 is 1.06 bits per heavy atom. The number of carbonyl (C=O) groups is 3. The number of fused-ring (bicyclic) bond motifs is 3. The Labute approximate surface area is 193 Å². The van der Waals surface area contributed by atoms with Crippen molar-refractivity contribution >= 4 is 18.0 Å². The highest BCUT2D eigenvalue weighted by atomic mass is 16.5. The third-order valence-electron chi connectivity index (χ3n) is 5.57. The third kappa shape index (κ3) is 6.59. The first-order valence-electron chi connectivity index (χ1n) is 11.1. The average Bonchev–Trinajstić information content (AvgIpc) is 3.12. The number of amides is 2. The van der Waals surface area contributed by atoms with E-state index < -0.39 is 12.1 Å². The van der Waals surface area contributed by atoms with E-state index in [0.717, 1.165) is 35.1 Å². The van der Waals surface area contributed by atoms with E-state index in [2.05, 4.69) is 40.8 Å². The van der Waals surface area contributed by atoms with Crippen LogP contribution in [-0.2, 0) is 14.3 Å². The molecule has 0 spiro atoms. The Hall–Kier alpha value is -3.79. The molecule has 0 radical (unpaired) electrons. The number of hydrogen-bond donors (Lipinski definition) is 3. The van der Waals surface area contributed by atoms with Crippen molar-refractivity contribution in [3.05, 3.63) is 59.7 Å². The minimum absolute atomic E-state index is 0.0339. The van der Waals surface area contributed by atoms with Gasteiger partial charge in [-0.3, -0.25) is 4.79 Å². The topological polar surface area (TPSA) is 105 Å². The number of hydrogen-bond acceptors (Lipinski definition) is 4. The molecule has 172 valence electrons. The van der Waals surface area contributed by atoms with Crippen molar-refractivity contribution in [2.75, 3.05) is 13.2 Å². The number of rotatable bonds is 9. The van der Waals surface area contributed by atoms with Gasteiger partial charge in [-0.25, -0.2) is 9.59 Å². The fraction of sp³-hybridized carbons (Fsp3) is 0.346. The second-order valence-electron chi connectivity index (χ2n) is 7.90. The normalized spacial score (nSPS) is 12.5. The highest BCUT2D eigenvalue weighted by molar-refractivity contribution is 5.86. The summed E-state index contributed by atoms with van der Waals surface area (Å²) in [5, 5.41) is 13.9. The van der Waals surface area contributed by atoms with Crippen molar-refractivity contribution in [2.45, 2.75) is 44.6 Å². The number of unbranched alkanes of at least 4 members (excludes halogenated alkanes) is 1. The molecule has 0 saturated heterocycles. The molecule has 1 aliphatic rings. The zero-order valence-electron chi connectivity index (χ0n) is 18.6. The molecule has 2 aromatic rings. The molecule has 1 aliphatic carbocycles. The summed E-state index contributed by atoms with van der Waals surface area (Å²) in [7, 11) is 0. The minimum atomic E-state index is -1.25. The van der Waals surface area contributed by atoms with Crippen LogP contribution in [0.3, 0.4) is 0 Å². The van der Waals surface area contributed by atoms with Gasteiger partial charge in [0.1, 0.15) is 6.61 Å². The van der Waals surface area contributed by atoms with Gasteiger partial charge in [0.05, 0.1) is 6.54 Å². The van der Waals surface area contributed by atoms with Crippen molar-refractivity contribution in [3.63, 3.8) is 0 Å². The first-order chi connectivity index (χ1) is 16.0. The van der Waals surface area contributed by atoms with E-state index in [0.29, 0.717) is 6.42 Å². The Balaban J connectivity index is 1.57. The van der Waals surface area contributed by atoms with Gasteiger partial charge in [-0.15, -0.1) is 0 Å². The van der Waals surface area contributed by atoms with Gasteiger partial charge in [0, 0.05) is 24.3 Å². The molecule has 2 aromatic carbocycles. The Bertz CT molecular complexity index is 1020. The van der Waals surface area contributed by atoms with E-state index in [1.807, 2.05) is 37.1 Å². The van der Waals surface area contributed by atoms with Crippen LogP contribution >= 0.6 is 0 Å². The monoisotopic (exact) mass is 448 g/mol. The molecule has 0 aliphatic heterocycles. The van der Waals surface area contributed by atoms with Crippen LogP contribution in [0.4, 0.5) is 4.79 Å². The number of carbonyl (C=O) groups excluding carboxylic acids is 2. The molecule has 0 fully saturated rings. The summed E-state index contributed by atoms with van der Waals surface area (Å²) in [6, 6.07) is 15.9. The first-order valence-corrected chi connectivity index (χ1v) is 11.1. The van der Waals surface area contributed by atoms with Crippen LogP contribution in [0.5, 0.6) is 0 Å². The van der Waals surface area contributed by atoms with Gasteiger partial charge in [-0.2, -0.15) is 0 Å². The van der Waals surface area contributed by atoms with Crippen LogP contribution in [-0.4, -0.2) is 42.3 Å². The molecule has 0 bridgehead atoms. The Morgan fingerprint density at radius 2 is 1.70 bits per heavy atom. The summed E-state index contributed by atoms with van der Waals surface area (Å²) in [6.07, 6.45) is 1.92. The minimum Gasteiger partial charge on any atom is -0.472 e. The Kier molecular flexibility index (Phi) is 8.48. The van der Waals surface area contributed by atoms with E-state index >= 15 is 0 Å². The molecule has 0 aromatic heterocycles. The van der Waals surface area contributed by atoms with Crippen molar-refractivity contribution < 1.29 is 24.2 Å². The highest BCUT2D eigenvalue weighted by Crippen LogP contribution is 2.44. The second kappa shape index (κ2) is 11.7. The maximum Gasteiger partial charge on any atom is 0.407 e. The fourth-order valence-corrected chi connectivity index (χ4v) is 4.04. The largest absolute Gasteiger partial charge is 0.472 e. The first kappa shape index (κ1) is 23.9. The predicted octanol–water partition coefficient (Wildman–Crippen LogP) is 3.68. The molecule has 0 saturated carbocycles. The number of nitrogens with one attached hydrogen (secondary N) is 2. The number of aliphatic carboxylic acids is 1. The number of benzene rings is 2. The average molecular weight is 449 g/mol. The Morgan fingerprint density at radius 3 is 2.30 bits per heavy atom. The molecule has 0 heterocycles. The summed E-state index contributed by atoms with van der Waals surface area (Å²) >= 11 is 0. The summed E-state index contributed by atoms with van der Waals surface area (Å²) in [5.74, 6) is 2.70.